The minimum Gasteiger partial charge on any atom is -0.476 e. The van der Waals surface area contributed by atoms with Crippen molar-refractivity contribution in [2.45, 2.75) is 25.7 Å². The highest BCUT2D eigenvalue weighted by molar-refractivity contribution is 5.78. The lowest BCUT2D eigenvalue weighted by molar-refractivity contribution is -0.116. The summed E-state index contributed by atoms with van der Waals surface area (Å²) in [6, 6.07) is 0. The van der Waals surface area contributed by atoms with Gasteiger partial charge in [0.1, 0.15) is 0 Å². The number of nitrogens with two attached hydrogens (primary N) is 1. The molecule has 6 heteroatoms. The summed E-state index contributed by atoms with van der Waals surface area (Å²) in [5.41, 5.74) is 5.15. The van der Waals surface area contributed by atoms with Gasteiger partial charge in [-0.2, -0.15) is 4.98 Å². The molecular formula is C13H20N4O2. The predicted molar refractivity (Wildman–Crippen MR) is 71.9 cm³/mol. The Hall–Kier alpha value is -1.85. The summed E-state index contributed by atoms with van der Waals surface area (Å²) in [5.74, 6) is 1.32. The van der Waals surface area contributed by atoms with Gasteiger partial charge in [0.25, 0.3) is 0 Å². The van der Waals surface area contributed by atoms with E-state index < -0.39 is 5.91 Å². The van der Waals surface area contributed by atoms with Gasteiger partial charge in [-0.1, -0.05) is 12.8 Å². The molecule has 0 atom stereocenters. The van der Waals surface area contributed by atoms with Crippen molar-refractivity contribution in [3.8, 4) is 5.88 Å². The molecule has 1 aliphatic rings. The third-order valence-electron chi connectivity index (χ3n) is 3.33. The molecule has 2 N–H and O–H groups in total. The normalized spacial score (nSPS) is 15.4. The quantitative estimate of drug-likeness (QED) is 0.828. The van der Waals surface area contributed by atoms with Crippen molar-refractivity contribution in [1.82, 2.24) is 9.97 Å². The topological polar surface area (TPSA) is 81.3 Å². The fourth-order valence-corrected chi connectivity index (χ4v) is 2.29. The Bertz CT molecular complexity index is 432. The molecule has 0 bridgehead atoms. The van der Waals surface area contributed by atoms with Crippen molar-refractivity contribution in [2.75, 3.05) is 25.1 Å². The van der Waals surface area contributed by atoms with Crippen molar-refractivity contribution < 1.29 is 9.53 Å². The van der Waals surface area contributed by atoms with E-state index in [0.29, 0.717) is 24.2 Å². The zero-order valence-corrected chi connectivity index (χ0v) is 11.2. The number of nitrogens with zero attached hydrogens (tertiary/aromatic N) is 3. The highest BCUT2D eigenvalue weighted by atomic mass is 16.5. The lowest BCUT2D eigenvalue weighted by Crippen LogP contribution is -2.31. The maximum atomic E-state index is 10.9. The first-order valence-electron chi connectivity index (χ1n) is 6.59. The van der Waals surface area contributed by atoms with E-state index in [1.807, 2.05) is 0 Å². The standard InChI is InChI=1S/C13H20N4O2/c1-17(8-11(14)18)12-6-15-7-13(16-12)19-9-10-4-2-3-5-10/h6-7,10H,2-5,8-9H2,1H3,(H2,14,18). The van der Waals surface area contributed by atoms with Crippen molar-refractivity contribution in [3.05, 3.63) is 12.4 Å². The van der Waals surface area contributed by atoms with Crippen molar-refractivity contribution in [1.29, 1.82) is 0 Å². The first kappa shape index (κ1) is 13.6. The summed E-state index contributed by atoms with van der Waals surface area (Å²) in [4.78, 5) is 20.9. The monoisotopic (exact) mass is 264 g/mol. The molecule has 104 valence electrons. The number of amides is 1. The summed E-state index contributed by atoms with van der Waals surface area (Å²) in [6.45, 7) is 0.804. The van der Waals surface area contributed by atoms with E-state index in [0.717, 1.165) is 0 Å². The number of anilines is 1. The molecule has 1 aromatic heterocycles. The maximum Gasteiger partial charge on any atom is 0.236 e. The number of aromatic nitrogens is 2. The van der Waals surface area contributed by atoms with Gasteiger partial charge in [-0.05, 0) is 18.8 Å². The third-order valence-corrected chi connectivity index (χ3v) is 3.33. The fourth-order valence-electron chi connectivity index (χ4n) is 2.29. The second-order valence-corrected chi connectivity index (χ2v) is 5.00. The van der Waals surface area contributed by atoms with Crippen LogP contribution in [0.3, 0.4) is 0 Å². The third kappa shape index (κ3) is 4.08. The molecule has 6 nitrogen and oxygen atoms in total. The van der Waals surface area contributed by atoms with Gasteiger partial charge in [-0.15, -0.1) is 0 Å². The van der Waals surface area contributed by atoms with Gasteiger partial charge in [0.05, 0.1) is 25.5 Å². The zero-order chi connectivity index (χ0) is 13.7. The Kier molecular flexibility index (Phi) is 4.54. The molecule has 0 aromatic carbocycles. The Balaban J connectivity index is 1.92. The van der Waals surface area contributed by atoms with E-state index >= 15 is 0 Å². The van der Waals surface area contributed by atoms with Gasteiger partial charge in [-0.3, -0.25) is 9.78 Å². The van der Waals surface area contributed by atoms with E-state index in [-0.39, 0.29) is 6.54 Å². The fraction of sp³-hybridized carbons (Fsp3) is 0.615. The van der Waals surface area contributed by atoms with Crippen LogP contribution in [-0.2, 0) is 4.79 Å². The average Bonchev–Trinajstić information content (AvgIpc) is 2.89. The molecule has 0 aliphatic heterocycles. The summed E-state index contributed by atoms with van der Waals surface area (Å²) < 4.78 is 5.67. The Labute approximate surface area is 113 Å². The summed E-state index contributed by atoms with van der Waals surface area (Å²) in [6.07, 6.45) is 8.23. The number of hydrogen-bond donors (Lipinski definition) is 1. The van der Waals surface area contributed by atoms with E-state index in [2.05, 4.69) is 9.97 Å². The first-order valence-corrected chi connectivity index (χ1v) is 6.59. The molecule has 0 radical (unpaired) electrons. The van der Waals surface area contributed by atoms with Gasteiger partial charge < -0.3 is 15.4 Å². The lowest BCUT2D eigenvalue weighted by Gasteiger charge is -2.16. The minimum atomic E-state index is -0.401. The molecule has 1 aliphatic carbocycles. The van der Waals surface area contributed by atoms with E-state index in [1.54, 1.807) is 24.3 Å². The maximum absolute atomic E-state index is 10.9. The van der Waals surface area contributed by atoms with Gasteiger partial charge in [0.15, 0.2) is 5.82 Å². The van der Waals surface area contributed by atoms with Gasteiger partial charge in [0, 0.05) is 7.05 Å². The number of ether oxygens (including phenoxy) is 1. The highest BCUT2D eigenvalue weighted by Gasteiger charge is 2.16. The van der Waals surface area contributed by atoms with Crippen LogP contribution in [0.4, 0.5) is 5.82 Å². The largest absolute Gasteiger partial charge is 0.476 e. The van der Waals surface area contributed by atoms with Crippen LogP contribution < -0.4 is 15.4 Å². The summed E-state index contributed by atoms with van der Waals surface area (Å²) in [5, 5.41) is 0. The predicted octanol–water partition coefficient (Wildman–Crippen LogP) is 0.967. The van der Waals surface area contributed by atoms with Crippen LogP contribution >= 0.6 is 0 Å². The van der Waals surface area contributed by atoms with Crippen LogP contribution in [0, 0.1) is 5.92 Å². The molecule has 1 aromatic rings. The molecule has 1 saturated carbocycles. The Morgan fingerprint density at radius 3 is 2.89 bits per heavy atom. The summed E-state index contributed by atoms with van der Waals surface area (Å²) in [7, 11) is 1.75. The number of hydrogen-bond acceptors (Lipinski definition) is 5. The van der Waals surface area contributed by atoms with E-state index in [9.17, 15) is 4.79 Å². The molecule has 1 fully saturated rings. The lowest BCUT2D eigenvalue weighted by atomic mass is 10.1. The average molecular weight is 264 g/mol. The number of primary amides is 1. The van der Waals surface area contributed by atoms with Crippen LogP contribution in [0.2, 0.25) is 0 Å². The van der Waals surface area contributed by atoms with Gasteiger partial charge in [-0.25, -0.2) is 0 Å². The van der Waals surface area contributed by atoms with Crippen LogP contribution in [-0.4, -0.2) is 36.1 Å². The molecule has 1 amide bonds. The zero-order valence-electron chi connectivity index (χ0n) is 11.2. The molecule has 1 heterocycles. The molecule has 0 saturated heterocycles. The number of likely N-dealkylation sites (N-methyl/N-ethyl adjacent to an activating group) is 1. The minimum absolute atomic E-state index is 0.112. The van der Waals surface area contributed by atoms with Crippen molar-refractivity contribution in [2.24, 2.45) is 11.7 Å². The number of carbonyl (C=O) groups is 1. The second kappa shape index (κ2) is 6.36. The Morgan fingerprint density at radius 1 is 1.47 bits per heavy atom. The molecular weight excluding hydrogens is 244 g/mol. The highest BCUT2D eigenvalue weighted by Crippen LogP contribution is 2.25. The van der Waals surface area contributed by atoms with Gasteiger partial charge >= 0.3 is 0 Å². The van der Waals surface area contributed by atoms with Crippen LogP contribution in [0.5, 0.6) is 5.88 Å². The van der Waals surface area contributed by atoms with Gasteiger partial charge in [0.2, 0.25) is 11.8 Å². The molecule has 0 spiro atoms. The van der Waals surface area contributed by atoms with Crippen LogP contribution in [0.25, 0.3) is 0 Å². The first-order chi connectivity index (χ1) is 9.15. The molecule has 2 rings (SSSR count). The van der Waals surface area contributed by atoms with E-state index in [4.69, 9.17) is 10.5 Å². The molecule has 0 unspecified atom stereocenters. The van der Waals surface area contributed by atoms with Crippen molar-refractivity contribution in [3.63, 3.8) is 0 Å². The van der Waals surface area contributed by atoms with Crippen molar-refractivity contribution >= 4 is 11.7 Å². The van der Waals surface area contributed by atoms with Crippen LogP contribution in [0.15, 0.2) is 12.4 Å². The smallest absolute Gasteiger partial charge is 0.236 e. The second-order valence-electron chi connectivity index (χ2n) is 5.00. The molecule has 19 heavy (non-hydrogen) atoms. The van der Waals surface area contributed by atoms with E-state index in [1.165, 1.54) is 25.7 Å². The Morgan fingerprint density at radius 2 is 2.21 bits per heavy atom. The number of carbonyl (C=O) groups excluding carboxylic acids is 1. The summed E-state index contributed by atoms with van der Waals surface area (Å²) >= 11 is 0. The SMILES string of the molecule is CN(CC(N)=O)c1cncc(OCC2CCCC2)n1. The number of rotatable bonds is 6. The van der Waals surface area contributed by atoms with Crippen LogP contribution in [0.1, 0.15) is 25.7 Å².